The number of carbonyl (C=O) groups excluding carboxylic acids is 1. The molecule has 45 valence electrons. The summed E-state index contributed by atoms with van der Waals surface area (Å²) < 4.78 is 0. The van der Waals surface area contributed by atoms with Gasteiger partial charge in [0, 0.05) is 0 Å². The second-order valence-corrected chi connectivity index (χ2v) is 1.35. The predicted molar refractivity (Wildman–Crippen MR) is 31.3 cm³/mol. The fraction of sp³-hybridized carbons (Fsp3) is 0. The van der Waals surface area contributed by atoms with Gasteiger partial charge in [-0.2, -0.15) is 0 Å². The summed E-state index contributed by atoms with van der Waals surface area (Å²) in [6.45, 7) is 0. The van der Waals surface area contributed by atoms with E-state index in [9.17, 15) is 4.79 Å². The van der Waals surface area contributed by atoms with Gasteiger partial charge in [-0.3, -0.25) is 4.79 Å². The van der Waals surface area contributed by atoms with E-state index in [1.54, 1.807) is 0 Å². The third kappa shape index (κ3) is 1.49. The van der Waals surface area contributed by atoms with Crippen LogP contribution in [0.15, 0.2) is 18.7 Å². The van der Waals surface area contributed by atoms with Crippen LogP contribution in [0.1, 0.15) is 0 Å². The Morgan fingerprint density at radius 2 is 2.11 bits per heavy atom. The van der Waals surface area contributed by atoms with Gasteiger partial charge in [0.2, 0.25) is 0 Å². The monoisotopic (exact) mass is 122 g/mol. The lowest BCUT2D eigenvalue weighted by Gasteiger charge is -1.90. The van der Waals surface area contributed by atoms with Crippen molar-refractivity contribution in [2.75, 3.05) is 5.32 Å². The number of hydrogen-bond acceptors (Lipinski definition) is 3. The van der Waals surface area contributed by atoms with Crippen LogP contribution in [0, 0.1) is 0 Å². The van der Waals surface area contributed by atoms with Crippen molar-refractivity contribution in [2.24, 2.45) is 0 Å². The molecule has 0 spiro atoms. The molecule has 4 nitrogen and oxygen atoms in total. The molecule has 1 rings (SSSR count). The van der Waals surface area contributed by atoms with Crippen LogP contribution >= 0.6 is 0 Å². The summed E-state index contributed by atoms with van der Waals surface area (Å²) in [6.07, 6.45) is 5.86. The molecule has 0 aliphatic carbocycles. The highest BCUT2D eigenvalue weighted by molar-refractivity contribution is 5.70. The zero-order chi connectivity index (χ0) is 6.53. The van der Waals surface area contributed by atoms with Gasteiger partial charge in [0.15, 0.2) is 0 Å². The van der Waals surface area contributed by atoms with Crippen molar-refractivity contribution >= 4 is 12.1 Å². The maximum Gasteiger partial charge on any atom is 0.314 e. The summed E-state index contributed by atoms with van der Waals surface area (Å²) >= 11 is 0. The molecule has 0 aromatic carbocycles. The Bertz CT molecular complexity index is 187. The smallest absolute Gasteiger partial charge is 0.314 e. The van der Waals surface area contributed by atoms with Crippen molar-refractivity contribution in [3.05, 3.63) is 18.7 Å². The van der Waals surface area contributed by atoms with Crippen molar-refractivity contribution < 1.29 is 4.79 Å². The summed E-state index contributed by atoms with van der Waals surface area (Å²) in [6, 6.07) is 0. The number of hydrogen-bond donors (Lipinski definition) is 1. The molecule has 0 fully saturated rings. The maximum absolute atomic E-state index is 9.68. The van der Waals surface area contributed by atoms with E-state index in [0.717, 1.165) is 0 Å². The first-order chi connectivity index (χ1) is 4.43. The number of anilines is 1. The molecule has 1 aromatic heterocycles. The first-order valence-electron chi connectivity index (χ1n) is 2.31. The molecule has 1 N–H and O–H groups in total. The summed E-state index contributed by atoms with van der Waals surface area (Å²) in [5, 5.41) is 2.28. The van der Waals surface area contributed by atoms with Gasteiger partial charge in [-0.05, 0) is 0 Å². The first-order valence-corrected chi connectivity index (χ1v) is 2.31. The van der Waals surface area contributed by atoms with E-state index in [0.29, 0.717) is 5.69 Å². The van der Waals surface area contributed by atoms with E-state index < -0.39 is 0 Å². The summed E-state index contributed by atoms with van der Waals surface area (Å²) in [4.78, 5) is 17.0. The van der Waals surface area contributed by atoms with Crippen molar-refractivity contribution in [2.45, 2.75) is 0 Å². The highest BCUT2D eigenvalue weighted by Crippen LogP contribution is 1.96. The van der Waals surface area contributed by atoms with Gasteiger partial charge in [-0.25, -0.2) is 9.97 Å². The Balaban J connectivity index is 2.72. The van der Waals surface area contributed by atoms with Crippen LogP contribution in [0.25, 0.3) is 0 Å². The summed E-state index contributed by atoms with van der Waals surface area (Å²) in [5.74, 6) is 0. The van der Waals surface area contributed by atoms with Crippen LogP contribution in [0.2, 0.25) is 0 Å². The van der Waals surface area contributed by atoms with Crippen molar-refractivity contribution in [3.63, 3.8) is 0 Å². The third-order valence-electron chi connectivity index (χ3n) is 0.756. The zero-order valence-corrected chi connectivity index (χ0v) is 4.53. The predicted octanol–water partition coefficient (Wildman–Crippen LogP) is -0.0443. The molecule has 9 heavy (non-hydrogen) atoms. The Kier molecular flexibility index (Phi) is 1.74. The molecular formula is C5H4N3O. The standard InChI is InChI=1S/C5H4N3O/c9-4-8-5-1-6-3-7-2-5/h1-3H,(H,8,9). The molecule has 1 aromatic rings. The average molecular weight is 122 g/mol. The molecular weight excluding hydrogens is 118 g/mol. The van der Waals surface area contributed by atoms with Gasteiger partial charge < -0.3 is 5.32 Å². The number of aromatic nitrogens is 2. The fourth-order valence-electron chi connectivity index (χ4n) is 0.423. The largest absolute Gasteiger partial charge is 0.315 e. The number of rotatable bonds is 2. The molecule has 0 saturated carbocycles. The Morgan fingerprint density at radius 1 is 1.44 bits per heavy atom. The lowest BCUT2D eigenvalue weighted by atomic mass is 10.5. The quantitative estimate of drug-likeness (QED) is 0.560. The topological polar surface area (TPSA) is 54.9 Å². The van der Waals surface area contributed by atoms with Crippen LogP contribution < -0.4 is 5.32 Å². The fourth-order valence-corrected chi connectivity index (χ4v) is 0.423. The Morgan fingerprint density at radius 3 is 2.67 bits per heavy atom. The SMILES string of the molecule is O=[C]Nc1cncnc1. The van der Waals surface area contributed by atoms with Crippen LogP contribution in [0.4, 0.5) is 5.69 Å². The van der Waals surface area contributed by atoms with Crippen molar-refractivity contribution in [1.82, 2.24) is 9.97 Å². The molecule has 0 atom stereocenters. The van der Waals surface area contributed by atoms with Crippen LogP contribution in [-0.2, 0) is 4.79 Å². The van der Waals surface area contributed by atoms with Gasteiger partial charge >= 0.3 is 6.41 Å². The minimum Gasteiger partial charge on any atom is -0.315 e. The second-order valence-electron chi connectivity index (χ2n) is 1.35. The third-order valence-corrected chi connectivity index (χ3v) is 0.756. The van der Waals surface area contributed by atoms with Gasteiger partial charge in [0.1, 0.15) is 6.33 Å². The van der Waals surface area contributed by atoms with Crippen LogP contribution in [0.3, 0.4) is 0 Å². The molecule has 4 heteroatoms. The normalized spacial score (nSPS) is 8.44. The zero-order valence-electron chi connectivity index (χ0n) is 4.53. The molecule has 0 unspecified atom stereocenters. The van der Waals surface area contributed by atoms with E-state index in [4.69, 9.17) is 0 Å². The lowest BCUT2D eigenvalue weighted by Crippen LogP contribution is -1.93. The van der Waals surface area contributed by atoms with Gasteiger partial charge in [-0.15, -0.1) is 0 Å². The van der Waals surface area contributed by atoms with Crippen molar-refractivity contribution in [3.8, 4) is 0 Å². The molecule has 0 saturated heterocycles. The Hall–Kier alpha value is -1.45. The highest BCUT2D eigenvalue weighted by atomic mass is 16.1. The van der Waals surface area contributed by atoms with Crippen LogP contribution in [0.5, 0.6) is 0 Å². The minimum absolute atomic E-state index is 0.549. The van der Waals surface area contributed by atoms with Gasteiger partial charge in [0.05, 0.1) is 18.1 Å². The maximum atomic E-state index is 9.68. The number of nitrogens with zero attached hydrogens (tertiary/aromatic N) is 2. The number of nitrogens with one attached hydrogen (secondary N) is 1. The molecule has 1 heterocycles. The first kappa shape index (κ1) is 5.68. The van der Waals surface area contributed by atoms with Gasteiger partial charge in [-0.1, -0.05) is 0 Å². The average Bonchev–Trinajstić information content (AvgIpc) is 1.91. The van der Waals surface area contributed by atoms with Crippen LogP contribution in [-0.4, -0.2) is 16.4 Å². The molecule has 0 aliphatic heterocycles. The van der Waals surface area contributed by atoms with Gasteiger partial charge in [0.25, 0.3) is 0 Å². The van der Waals surface area contributed by atoms with E-state index in [2.05, 4.69) is 15.3 Å². The lowest BCUT2D eigenvalue weighted by molar-refractivity contribution is 0.561. The summed E-state index contributed by atoms with van der Waals surface area (Å²) in [7, 11) is 0. The van der Waals surface area contributed by atoms with E-state index >= 15 is 0 Å². The number of amides is 1. The molecule has 1 radical (unpaired) electrons. The van der Waals surface area contributed by atoms with E-state index in [-0.39, 0.29) is 0 Å². The van der Waals surface area contributed by atoms with E-state index in [1.165, 1.54) is 25.1 Å². The van der Waals surface area contributed by atoms with E-state index in [1.807, 2.05) is 0 Å². The molecule has 0 aliphatic rings. The second kappa shape index (κ2) is 2.76. The Labute approximate surface area is 51.9 Å². The highest BCUT2D eigenvalue weighted by Gasteiger charge is 1.85. The molecule has 1 amide bonds. The summed E-state index contributed by atoms with van der Waals surface area (Å²) in [5.41, 5.74) is 0.549. The minimum atomic E-state index is 0.549. The molecule has 0 bridgehead atoms. The van der Waals surface area contributed by atoms with Crippen molar-refractivity contribution in [1.29, 1.82) is 0 Å².